The van der Waals surface area contributed by atoms with Gasteiger partial charge in [-0.25, -0.2) is 0 Å². The van der Waals surface area contributed by atoms with E-state index in [9.17, 15) is 0 Å². The Hall–Kier alpha value is -0.890. The van der Waals surface area contributed by atoms with Crippen LogP contribution < -0.4 is 0 Å². The van der Waals surface area contributed by atoms with E-state index in [0.717, 1.165) is 5.75 Å². The molecule has 1 nitrogen and oxygen atoms in total. The van der Waals surface area contributed by atoms with Crippen LogP contribution in [-0.4, -0.2) is 4.57 Å². The topological polar surface area (TPSA) is 4.93 Å². The number of fused-ring (bicyclic) bond motifs is 1. The van der Waals surface area contributed by atoms with E-state index in [1.54, 1.807) is 0 Å². The van der Waals surface area contributed by atoms with Crippen LogP contribution in [0.25, 0.3) is 10.9 Å². The number of aromatic nitrogens is 1. The molecule has 0 unspecified atom stereocenters. The van der Waals surface area contributed by atoms with E-state index < -0.39 is 0 Å². The highest BCUT2D eigenvalue weighted by Gasteiger charge is 2.07. The molecule has 0 N–H and O–H groups in total. The molecule has 74 valence electrons. The summed E-state index contributed by atoms with van der Waals surface area (Å²) in [5.41, 5.74) is 2.63. The number of benzene rings is 1. The van der Waals surface area contributed by atoms with Gasteiger partial charge in [0.25, 0.3) is 0 Å². The molecule has 1 heterocycles. The minimum atomic E-state index is 0.508. The maximum absolute atomic E-state index is 4.35. The van der Waals surface area contributed by atoms with Crippen molar-refractivity contribution in [1.82, 2.24) is 4.57 Å². The first-order chi connectivity index (χ1) is 6.74. The Morgan fingerprint density at radius 1 is 1.29 bits per heavy atom. The van der Waals surface area contributed by atoms with Crippen molar-refractivity contribution in [3.63, 3.8) is 0 Å². The first-order valence-corrected chi connectivity index (χ1v) is 5.56. The Labute approximate surface area is 90.1 Å². The zero-order valence-corrected chi connectivity index (χ0v) is 9.46. The zero-order chi connectivity index (χ0) is 10.1. The molecule has 1 aromatic heterocycles. The smallest absolute Gasteiger partial charge is 0.0485 e. The van der Waals surface area contributed by atoms with Crippen LogP contribution >= 0.6 is 12.6 Å². The van der Waals surface area contributed by atoms with Crippen LogP contribution in [0.2, 0.25) is 0 Å². The number of thiol groups is 1. The number of para-hydroxylation sites is 1. The Balaban J connectivity index is 2.73. The average molecular weight is 205 g/mol. The van der Waals surface area contributed by atoms with E-state index in [1.165, 1.54) is 16.5 Å². The molecule has 2 heteroatoms. The lowest BCUT2D eigenvalue weighted by Gasteiger charge is -2.08. The summed E-state index contributed by atoms with van der Waals surface area (Å²) in [4.78, 5) is 0. The Morgan fingerprint density at radius 3 is 2.64 bits per heavy atom. The van der Waals surface area contributed by atoms with Crippen molar-refractivity contribution in [3.8, 4) is 0 Å². The minimum absolute atomic E-state index is 0.508. The summed E-state index contributed by atoms with van der Waals surface area (Å²) in [6, 6.07) is 9.01. The van der Waals surface area contributed by atoms with Gasteiger partial charge >= 0.3 is 0 Å². The predicted octanol–water partition coefficient (Wildman–Crippen LogP) is 3.65. The standard InChI is InChI=1S/C12H15NS/c1-9(2)13-7-10(8-14)11-5-3-4-6-12(11)13/h3-7,9,14H,8H2,1-2H3. The summed E-state index contributed by atoms with van der Waals surface area (Å²) in [5, 5.41) is 1.33. The summed E-state index contributed by atoms with van der Waals surface area (Å²) >= 11 is 4.35. The van der Waals surface area contributed by atoms with Crippen molar-refractivity contribution < 1.29 is 0 Å². The third kappa shape index (κ3) is 1.44. The largest absolute Gasteiger partial charge is 0.345 e. The third-order valence-corrected chi connectivity index (χ3v) is 2.89. The SMILES string of the molecule is CC(C)n1cc(CS)c2ccccc21. The van der Waals surface area contributed by atoms with Gasteiger partial charge in [-0.15, -0.1) is 0 Å². The van der Waals surface area contributed by atoms with Gasteiger partial charge in [0, 0.05) is 28.9 Å². The van der Waals surface area contributed by atoms with Crippen molar-refractivity contribution in [2.24, 2.45) is 0 Å². The first-order valence-electron chi connectivity index (χ1n) is 4.93. The molecule has 14 heavy (non-hydrogen) atoms. The lowest BCUT2D eigenvalue weighted by Crippen LogP contribution is -1.97. The van der Waals surface area contributed by atoms with Crippen LogP contribution in [0.5, 0.6) is 0 Å². The van der Waals surface area contributed by atoms with E-state index in [-0.39, 0.29) is 0 Å². The molecular weight excluding hydrogens is 190 g/mol. The Morgan fingerprint density at radius 2 is 2.00 bits per heavy atom. The second-order valence-corrected chi connectivity index (χ2v) is 4.15. The monoisotopic (exact) mass is 205 g/mol. The van der Waals surface area contributed by atoms with E-state index in [1.807, 2.05) is 0 Å². The van der Waals surface area contributed by atoms with Crippen LogP contribution in [0.3, 0.4) is 0 Å². The van der Waals surface area contributed by atoms with Crippen LogP contribution in [-0.2, 0) is 5.75 Å². The molecule has 0 radical (unpaired) electrons. The van der Waals surface area contributed by atoms with Crippen molar-refractivity contribution in [3.05, 3.63) is 36.0 Å². The van der Waals surface area contributed by atoms with Crippen LogP contribution in [0.4, 0.5) is 0 Å². The highest BCUT2D eigenvalue weighted by atomic mass is 32.1. The average Bonchev–Trinajstić information content (AvgIpc) is 2.56. The fraction of sp³-hybridized carbons (Fsp3) is 0.333. The Bertz CT molecular complexity index is 443. The van der Waals surface area contributed by atoms with Crippen molar-refractivity contribution in [2.45, 2.75) is 25.6 Å². The van der Waals surface area contributed by atoms with Crippen LogP contribution in [0, 0.1) is 0 Å². The van der Waals surface area contributed by atoms with E-state index >= 15 is 0 Å². The van der Waals surface area contributed by atoms with Gasteiger partial charge in [0.1, 0.15) is 0 Å². The quantitative estimate of drug-likeness (QED) is 0.714. The maximum Gasteiger partial charge on any atom is 0.0485 e. The number of hydrogen-bond acceptors (Lipinski definition) is 1. The highest BCUT2D eigenvalue weighted by Crippen LogP contribution is 2.25. The fourth-order valence-corrected chi connectivity index (χ4v) is 2.08. The van der Waals surface area contributed by atoms with Gasteiger partial charge in [0.15, 0.2) is 0 Å². The van der Waals surface area contributed by atoms with Crippen LogP contribution in [0.1, 0.15) is 25.5 Å². The normalized spacial score (nSPS) is 11.4. The molecule has 0 fully saturated rings. The van der Waals surface area contributed by atoms with Gasteiger partial charge in [-0.2, -0.15) is 12.6 Å². The molecule has 0 aliphatic rings. The molecule has 0 aliphatic heterocycles. The minimum Gasteiger partial charge on any atom is -0.345 e. The lowest BCUT2D eigenvalue weighted by molar-refractivity contribution is 0.622. The molecule has 0 bridgehead atoms. The summed E-state index contributed by atoms with van der Waals surface area (Å²) < 4.78 is 2.31. The van der Waals surface area contributed by atoms with Gasteiger partial charge in [-0.1, -0.05) is 18.2 Å². The van der Waals surface area contributed by atoms with Gasteiger partial charge in [-0.3, -0.25) is 0 Å². The van der Waals surface area contributed by atoms with E-state index in [0.29, 0.717) is 6.04 Å². The van der Waals surface area contributed by atoms with Gasteiger partial charge in [-0.05, 0) is 25.5 Å². The maximum atomic E-state index is 4.35. The molecule has 0 spiro atoms. The predicted molar refractivity (Wildman–Crippen MR) is 65.0 cm³/mol. The Kier molecular flexibility index (Phi) is 2.55. The molecule has 0 saturated carbocycles. The van der Waals surface area contributed by atoms with E-state index in [4.69, 9.17) is 0 Å². The number of nitrogens with zero attached hydrogens (tertiary/aromatic N) is 1. The van der Waals surface area contributed by atoms with Gasteiger partial charge in [0.05, 0.1) is 0 Å². The highest BCUT2D eigenvalue weighted by molar-refractivity contribution is 7.79. The molecule has 2 rings (SSSR count). The molecule has 0 saturated heterocycles. The molecular formula is C12H15NS. The van der Waals surface area contributed by atoms with Gasteiger partial charge < -0.3 is 4.57 Å². The summed E-state index contributed by atoms with van der Waals surface area (Å²) in [6.07, 6.45) is 2.21. The van der Waals surface area contributed by atoms with Crippen molar-refractivity contribution in [2.75, 3.05) is 0 Å². The summed E-state index contributed by atoms with van der Waals surface area (Å²) in [6.45, 7) is 4.41. The second kappa shape index (κ2) is 3.70. The second-order valence-electron chi connectivity index (χ2n) is 3.83. The molecule has 0 amide bonds. The number of hydrogen-bond donors (Lipinski definition) is 1. The molecule has 2 aromatic rings. The fourth-order valence-electron chi connectivity index (χ4n) is 1.83. The van der Waals surface area contributed by atoms with Crippen molar-refractivity contribution >= 4 is 23.5 Å². The van der Waals surface area contributed by atoms with Crippen LogP contribution in [0.15, 0.2) is 30.5 Å². The van der Waals surface area contributed by atoms with Gasteiger partial charge in [0.2, 0.25) is 0 Å². The zero-order valence-electron chi connectivity index (χ0n) is 8.57. The van der Waals surface area contributed by atoms with E-state index in [2.05, 4.69) is 61.5 Å². The third-order valence-electron chi connectivity index (χ3n) is 2.55. The summed E-state index contributed by atoms with van der Waals surface area (Å²) in [7, 11) is 0. The molecule has 0 atom stereocenters. The lowest BCUT2D eigenvalue weighted by atomic mass is 10.2. The first kappa shape index (κ1) is 9.66. The summed E-state index contributed by atoms with van der Waals surface area (Å²) in [5.74, 6) is 0.806. The molecule has 0 aliphatic carbocycles. The van der Waals surface area contributed by atoms with Crippen molar-refractivity contribution in [1.29, 1.82) is 0 Å². The number of rotatable bonds is 2. The molecule has 1 aromatic carbocycles.